The molecule has 0 amide bonds. The Hall–Kier alpha value is -1.10. The first-order chi connectivity index (χ1) is 12.6. The van der Waals surface area contributed by atoms with Gasteiger partial charge in [-0.15, -0.1) is 0 Å². The van der Waals surface area contributed by atoms with Crippen LogP contribution in [0.4, 0.5) is 0 Å². The average molecular weight is 371 g/mol. The summed E-state index contributed by atoms with van der Waals surface area (Å²) in [5.74, 6) is -0.300. The van der Waals surface area contributed by atoms with Crippen molar-refractivity contribution in [3.63, 3.8) is 0 Å². The zero-order valence-electron chi connectivity index (χ0n) is 17.0. The van der Waals surface area contributed by atoms with E-state index in [0.717, 1.165) is 51.4 Å². The van der Waals surface area contributed by atoms with Gasteiger partial charge < -0.3 is 14.2 Å². The van der Waals surface area contributed by atoms with E-state index in [2.05, 4.69) is 11.7 Å². The standard InChI is InChI=1S/C21H38O5/c1-4-5-6-10-13-18(25-17(2)22)16-20-19(26-20)14-11-8-7-9-12-15-21(23)24-3/h18-20H,4-16H2,1-3H3/t18-,19-,20+/m1/s1. The van der Waals surface area contributed by atoms with Crippen LogP contribution in [0.3, 0.4) is 0 Å². The predicted octanol–water partition coefficient (Wildman–Crippen LogP) is 4.95. The first-order valence-corrected chi connectivity index (χ1v) is 10.5. The topological polar surface area (TPSA) is 65.1 Å². The van der Waals surface area contributed by atoms with E-state index in [1.54, 1.807) is 0 Å². The van der Waals surface area contributed by atoms with Gasteiger partial charge >= 0.3 is 11.9 Å². The molecule has 0 aliphatic carbocycles. The zero-order valence-corrected chi connectivity index (χ0v) is 17.0. The number of rotatable bonds is 16. The summed E-state index contributed by atoms with van der Waals surface area (Å²) in [6, 6.07) is 0. The highest BCUT2D eigenvalue weighted by Crippen LogP contribution is 2.33. The van der Waals surface area contributed by atoms with Crippen molar-refractivity contribution in [2.75, 3.05) is 7.11 Å². The SMILES string of the molecule is CCCCCC[C@H](C[C@@H]1O[C@@H]1CCCCCCCC(=O)OC)OC(C)=O. The Morgan fingerprint density at radius 3 is 2.35 bits per heavy atom. The van der Waals surface area contributed by atoms with Crippen LogP contribution < -0.4 is 0 Å². The molecule has 1 rings (SSSR count). The van der Waals surface area contributed by atoms with Gasteiger partial charge in [0.05, 0.1) is 19.3 Å². The number of esters is 2. The van der Waals surface area contributed by atoms with Crippen molar-refractivity contribution in [3.05, 3.63) is 0 Å². The number of carbonyl (C=O) groups excluding carboxylic acids is 2. The minimum atomic E-state index is -0.186. The van der Waals surface area contributed by atoms with Crippen molar-refractivity contribution in [1.29, 1.82) is 0 Å². The number of epoxide rings is 1. The smallest absolute Gasteiger partial charge is 0.305 e. The third-order valence-electron chi connectivity index (χ3n) is 4.99. The van der Waals surface area contributed by atoms with E-state index in [1.807, 2.05) is 0 Å². The molecule has 1 aliphatic rings. The molecule has 0 N–H and O–H groups in total. The summed E-state index contributed by atoms with van der Waals surface area (Å²) in [5.41, 5.74) is 0. The van der Waals surface area contributed by atoms with Crippen LogP contribution in [0.15, 0.2) is 0 Å². The van der Waals surface area contributed by atoms with Gasteiger partial charge in [-0.3, -0.25) is 9.59 Å². The van der Waals surface area contributed by atoms with E-state index in [4.69, 9.17) is 9.47 Å². The summed E-state index contributed by atoms with van der Waals surface area (Å²) in [5, 5.41) is 0. The lowest BCUT2D eigenvalue weighted by Gasteiger charge is -2.16. The Labute approximate surface area is 159 Å². The lowest BCUT2D eigenvalue weighted by atomic mass is 10.0. The molecule has 5 nitrogen and oxygen atoms in total. The Balaban J connectivity index is 2.05. The summed E-state index contributed by atoms with van der Waals surface area (Å²) in [6.07, 6.45) is 14.3. The monoisotopic (exact) mass is 370 g/mol. The van der Waals surface area contributed by atoms with Crippen molar-refractivity contribution in [1.82, 2.24) is 0 Å². The molecule has 0 bridgehead atoms. The van der Waals surface area contributed by atoms with Gasteiger partial charge in [-0.25, -0.2) is 0 Å². The van der Waals surface area contributed by atoms with E-state index in [0.29, 0.717) is 12.5 Å². The molecule has 152 valence electrons. The second-order valence-electron chi connectivity index (χ2n) is 7.41. The van der Waals surface area contributed by atoms with E-state index >= 15 is 0 Å². The van der Waals surface area contributed by atoms with Crippen molar-refractivity contribution < 1.29 is 23.8 Å². The van der Waals surface area contributed by atoms with Crippen LogP contribution in [-0.2, 0) is 23.8 Å². The van der Waals surface area contributed by atoms with Crippen LogP contribution in [0.5, 0.6) is 0 Å². The number of unbranched alkanes of at least 4 members (excludes halogenated alkanes) is 7. The van der Waals surface area contributed by atoms with Gasteiger partial charge in [-0.05, 0) is 25.7 Å². The Morgan fingerprint density at radius 2 is 1.65 bits per heavy atom. The normalized spacial score (nSPS) is 19.8. The molecule has 0 radical (unpaired) electrons. The van der Waals surface area contributed by atoms with Gasteiger partial charge in [0.25, 0.3) is 0 Å². The molecule has 0 aromatic carbocycles. The maximum absolute atomic E-state index is 11.3. The van der Waals surface area contributed by atoms with E-state index in [9.17, 15) is 9.59 Å². The van der Waals surface area contributed by atoms with Crippen molar-refractivity contribution in [2.45, 2.75) is 116 Å². The first-order valence-electron chi connectivity index (χ1n) is 10.5. The molecule has 1 saturated heterocycles. The maximum Gasteiger partial charge on any atom is 0.305 e. The minimum absolute atomic E-state index is 0.0117. The fourth-order valence-electron chi connectivity index (χ4n) is 3.41. The summed E-state index contributed by atoms with van der Waals surface area (Å²) in [4.78, 5) is 22.3. The van der Waals surface area contributed by atoms with Crippen LogP contribution >= 0.6 is 0 Å². The van der Waals surface area contributed by atoms with Crippen LogP contribution in [0.2, 0.25) is 0 Å². The summed E-state index contributed by atoms with van der Waals surface area (Å²) in [6.45, 7) is 3.69. The molecular weight excluding hydrogens is 332 g/mol. The molecule has 0 unspecified atom stereocenters. The van der Waals surface area contributed by atoms with Crippen LogP contribution in [0.25, 0.3) is 0 Å². The highest BCUT2D eigenvalue weighted by Gasteiger charge is 2.40. The van der Waals surface area contributed by atoms with Gasteiger partial charge in [-0.2, -0.15) is 0 Å². The summed E-state index contributed by atoms with van der Waals surface area (Å²) >= 11 is 0. The molecule has 0 saturated carbocycles. The zero-order chi connectivity index (χ0) is 19.2. The molecule has 0 spiro atoms. The number of ether oxygens (including phenoxy) is 3. The number of hydrogen-bond donors (Lipinski definition) is 0. The molecule has 3 atom stereocenters. The highest BCUT2D eigenvalue weighted by molar-refractivity contribution is 5.68. The van der Waals surface area contributed by atoms with Crippen LogP contribution in [0.1, 0.15) is 97.3 Å². The second kappa shape index (κ2) is 14.0. The van der Waals surface area contributed by atoms with Crippen molar-refractivity contribution in [3.8, 4) is 0 Å². The van der Waals surface area contributed by atoms with Gasteiger partial charge in [0.1, 0.15) is 6.10 Å². The lowest BCUT2D eigenvalue weighted by Crippen LogP contribution is -2.19. The van der Waals surface area contributed by atoms with Crippen LogP contribution in [-0.4, -0.2) is 37.4 Å². The Bertz CT molecular complexity index is 396. The maximum atomic E-state index is 11.3. The van der Waals surface area contributed by atoms with E-state index in [-0.39, 0.29) is 24.1 Å². The Kier molecular flexibility index (Phi) is 12.4. The first kappa shape index (κ1) is 22.9. The summed E-state index contributed by atoms with van der Waals surface area (Å²) < 4.78 is 15.9. The van der Waals surface area contributed by atoms with Gasteiger partial charge in [0.15, 0.2) is 0 Å². The third-order valence-corrected chi connectivity index (χ3v) is 4.99. The van der Waals surface area contributed by atoms with Crippen LogP contribution in [0, 0.1) is 0 Å². The second-order valence-corrected chi connectivity index (χ2v) is 7.41. The fourth-order valence-corrected chi connectivity index (χ4v) is 3.41. The quantitative estimate of drug-likeness (QED) is 0.218. The Morgan fingerprint density at radius 1 is 0.962 bits per heavy atom. The molecule has 1 heterocycles. The van der Waals surface area contributed by atoms with Crippen molar-refractivity contribution >= 4 is 11.9 Å². The van der Waals surface area contributed by atoms with E-state index in [1.165, 1.54) is 39.7 Å². The van der Waals surface area contributed by atoms with E-state index < -0.39 is 0 Å². The predicted molar refractivity (Wildman–Crippen MR) is 102 cm³/mol. The molecule has 0 aromatic rings. The third kappa shape index (κ3) is 11.5. The highest BCUT2D eigenvalue weighted by atomic mass is 16.6. The van der Waals surface area contributed by atoms with Gasteiger partial charge in [0.2, 0.25) is 0 Å². The summed E-state index contributed by atoms with van der Waals surface area (Å²) in [7, 11) is 1.44. The molecule has 0 aromatic heterocycles. The minimum Gasteiger partial charge on any atom is -0.469 e. The largest absolute Gasteiger partial charge is 0.469 e. The molecule has 26 heavy (non-hydrogen) atoms. The molecular formula is C21H38O5. The lowest BCUT2D eigenvalue weighted by molar-refractivity contribution is -0.147. The number of hydrogen-bond acceptors (Lipinski definition) is 5. The fraction of sp³-hybridized carbons (Fsp3) is 0.905. The molecule has 1 aliphatic heterocycles. The number of methoxy groups -OCH3 is 1. The van der Waals surface area contributed by atoms with Crippen molar-refractivity contribution in [2.24, 2.45) is 0 Å². The number of carbonyl (C=O) groups is 2. The van der Waals surface area contributed by atoms with Gasteiger partial charge in [-0.1, -0.05) is 51.9 Å². The molecule has 1 fully saturated rings. The average Bonchev–Trinajstić information content (AvgIpc) is 3.34. The van der Waals surface area contributed by atoms with Gasteiger partial charge in [0, 0.05) is 19.8 Å². The molecule has 5 heteroatoms.